The van der Waals surface area contributed by atoms with Gasteiger partial charge in [0.2, 0.25) is 0 Å². The lowest BCUT2D eigenvalue weighted by Crippen LogP contribution is -2.40. The Morgan fingerprint density at radius 1 is 1.00 bits per heavy atom. The van der Waals surface area contributed by atoms with E-state index in [-0.39, 0.29) is 11.7 Å². The van der Waals surface area contributed by atoms with Crippen LogP contribution < -0.4 is 16.4 Å². The molecule has 0 fully saturated rings. The monoisotopic (exact) mass is 525 g/mol. The first-order valence-electron chi connectivity index (χ1n) is 13.5. The summed E-state index contributed by atoms with van der Waals surface area (Å²) >= 11 is 0. The summed E-state index contributed by atoms with van der Waals surface area (Å²) in [6.45, 7) is 11.7. The van der Waals surface area contributed by atoms with E-state index < -0.39 is 0 Å². The van der Waals surface area contributed by atoms with Crippen molar-refractivity contribution in [1.29, 1.82) is 5.41 Å². The molecule has 0 aliphatic rings. The zero-order chi connectivity index (χ0) is 27.9. The van der Waals surface area contributed by atoms with E-state index in [0.29, 0.717) is 36.3 Å². The molecule has 4 aromatic rings. The van der Waals surface area contributed by atoms with Crippen molar-refractivity contribution in [2.75, 3.05) is 25.0 Å². The van der Waals surface area contributed by atoms with E-state index in [2.05, 4.69) is 48.2 Å². The molecule has 2 heterocycles. The number of pyridine rings is 1. The van der Waals surface area contributed by atoms with Gasteiger partial charge in [-0.15, -0.1) is 0 Å². The van der Waals surface area contributed by atoms with Crippen molar-refractivity contribution in [3.63, 3.8) is 0 Å². The van der Waals surface area contributed by atoms with E-state index in [1.165, 1.54) is 0 Å². The second-order valence-electron chi connectivity index (χ2n) is 10.3. The summed E-state index contributed by atoms with van der Waals surface area (Å²) in [5.74, 6) is 0.754. The number of carbonyl (C=O) groups excluding carboxylic acids is 1. The predicted molar refractivity (Wildman–Crippen MR) is 160 cm³/mol. The Kier molecular flexibility index (Phi) is 8.99. The summed E-state index contributed by atoms with van der Waals surface area (Å²) in [5, 5.41) is 15.2. The van der Waals surface area contributed by atoms with E-state index >= 15 is 0 Å². The zero-order valence-electron chi connectivity index (χ0n) is 23.2. The Morgan fingerprint density at radius 2 is 1.72 bits per heavy atom. The van der Waals surface area contributed by atoms with Gasteiger partial charge in [-0.3, -0.25) is 15.1 Å². The maximum absolute atomic E-state index is 12.8. The van der Waals surface area contributed by atoms with Gasteiger partial charge < -0.3 is 20.9 Å². The average molecular weight is 526 g/mol. The highest BCUT2D eigenvalue weighted by Crippen LogP contribution is 2.23. The van der Waals surface area contributed by atoms with Crippen LogP contribution in [0.3, 0.4) is 0 Å². The van der Waals surface area contributed by atoms with Gasteiger partial charge in [-0.05, 0) is 69.2 Å². The van der Waals surface area contributed by atoms with Crippen LogP contribution in [0.1, 0.15) is 43.6 Å². The number of hydrogen-bond acceptors (Lipinski definition) is 5. The number of nitrogen functional groups attached to an aromatic ring is 1. The molecule has 204 valence electrons. The number of amides is 1. The van der Waals surface area contributed by atoms with Crippen LogP contribution in [0.2, 0.25) is 0 Å². The van der Waals surface area contributed by atoms with E-state index in [1.54, 1.807) is 0 Å². The molecule has 8 heteroatoms. The number of aromatic nitrogens is 2. The molecular formula is C31H39N7O. The third-order valence-corrected chi connectivity index (χ3v) is 6.96. The van der Waals surface area contributed by atoms with Crippen molar-refractivity contribution in [3.8, 4) is 11.1 Å². The second kappa shape index (κ2) is 12.6. The van der Waals surface area contributed by atoms with Gasteiger partial charge in [0, 0.05) is 72.7 Å². The third kappa shape index (κ3) is 6.83. The van der Waals surface area contributed by atoms with Crippen LogP contribution in [0.5, 0.6) is 0 Å². The Labute approximate surface area is 230 Å². The van der Waals surface area contributed by atoms with Crippen molar-refractivity contribution in [3.05, 3.63) is 84.2 Å². The van der Waals surface area contributed by atoms with E-state index in [4.69, 9.17) is 11.1 Å². The molecule has 0 bridgehead atoms. The number of anilines is 1. The van der Waals surface area contributed by atoms with Crippen LogP contribution in [0.25, 0.3) is 22.0 Å². The van der Waals surface area contributed by atoms with E-state index in [1.807, 2.05) is 77.6 Å². The maximum atomic E-state index is 12.8. The van der Waals surface area contributed by atoms with Crippen LogP contribution in [0.4, 0.5) is 5.82 Å². The molecule has 0 saturated heterocycles. The minimum absolute atomic E-state index is 0.0371. The van der Waals surface area contributed by atoms with Gasteiger partial charge in [0.25, 0.3) is 5.91 Å². The van der Waals surface area contributed by atoms with Crippen molar-refractivity contribution < 1.29 is 4.79 Å². The van der Waals surface area contributed by atoms with Gasteiger partial charge >= 0.3 is 0 Å². The van der Waals surface area contributed by atoms with Crippen molar-refractivity contribution in [1.82, 2.24) is 19.8 Å². The van der Waals surface area contributed by atoms with E-state index in [0.717, 1.165) is 40.9 Å². The van der Waals surface area contributed by atoms with Gasteiger partial charge in [-0.25, -0.2) is 4.98 Å². The van der Waals surface area contributed by atoms with Gasteiger partial charge in [0.1, 0.15) is 11.7 Å². The van der Waals surface area contributed by atoms with E-state index in [9.17, 15) is 4.79 Å². The molecule has 39 heavy (non-hydrogen) atoms. The molecule has 0 aliphatic carbocycles. The Bertz CT molecular complexity index is 1410. The SMILES string of the molecule is CC(C)N(CCNc1cc(-c2ccc(C(=O)NCCn3cc(C(=N)N)c4ccccc43)cc2)ccn1)C(C)C. The predicted octanol–water partition coefficient (Wildman–Crippen LogP) is 4.95. The highest BCUT2D eigenvalue weighted by Gasteiger charge is 2.13. The first-order chi connectivity index (χ1) is 18.7. The highest BCUT2D eigenvalue weighted by molar-refractivity contribution is 6.07. The Balaban J connectivity index is 1.33. The lowest BCUT2D eigenvalue weighted by Gasteiger charge is -2.30. The fourth-order valence-corrected chi connectivity index (χ4v) is 4.98. The molecule has 8 nitrogen and oxygen atoms in total. The number of rotatable bonds is 12. The largest absolute Gasteiger partial charge is 0.384 e. The highest BCUT2D eigenvalue weighted by atomic mass is 16.1. The Morgan fingerprint density at radius 3 is 2.41 bits per heavy atom. The smallest absolute Gasteiger partial charge is 0.251 e. The molecule has 0 radical (unpaired) electrons. The minimum atomic E-state index is -0.123. The number of nitrogens with one attached hydrogen (secondary N) is 3. The fraction of sp³-hybridized carbons (Fsp3) is 0.323. The number of para-hydroxylation sites is 1. The van der Waals surface area contributed by atoms with Crippen molar-refractivity contribution >= 4 is 28.5 Å². The lowest BCUT2D eigenvalue weighted by atomic mass is 10.0. The lowest BCUT2D eigenvalue weighted by molar-refractivity contribution is 0.0952. The number of fused-ring (bicyclic) bond motifs is 1. The maximum Gasteiger partial charge on any atom is 0.251 e. The summed E-state index contributed by atoms with van der Waals surface area (Å²) in [5.41, 5.74) is 10.1. The molecule has 0 aliphatic heterocycles. The molecule has 4 rings (SSSR count). The second-order valence-corrected chi connectivity index (χ2v) is 10.3. The molecule has 0 atom stereocenters. The molecular weight excluding hydrogens is 486 g/mol. The van der Waals surface area contributed by atoms with Crippen molar-refractivity contribution in [2.24, 2.45) is 5.73 Å². The van der Waals surface area contributed by atoms with Gasteiger partial charge in [0.05, 0.1) is 0 Å². The number of nitrogens with two attached hydrogens (primary N) is 1. The Hall–Kier alpha value is -4.17. The third-order valence-electron chi connectivity index (χ3n) is 6.96. The van der Waals surface area contributed by atoms with Crippen LogP contribution >= 0.6 is 0 Å². The number of hydrogen-bond donors (Lipinski definition) is 4. The first kappa shape index (κ1) is 27.9. The van der Waals surface area contributed by atoms with Gasteiger partial charge in [-0.1, -0.05) is 30.3 Å². The summed E-state index contributed by atoms with van der Waals surface area (Å²) in [7, 11) is 0. The molecule has 0 saturated carbocycles. The standard InChI is InChI=1S/C31H39N7O/c1-21(2)38(22(3)4)18-16-35-29-19-25(13-14-34-29)23-9-11-24(12-10-23)31(39)36-15-17-37-20-27(30(32)33)26-7-5-6-8-28(26)37/h5-14,19-22H,15-18H2,1-4H3,(H3,32,33)(H,34,35)(H,36,39). The average Bonchev–Trinajstić information content (AvgIpc) is 3.30. The molecule has 2 aromatic heterocycles. The van der Waals surface area contributed by atoms with Gasteiger partial charge in [-0.2, -0.15) is 0 Å². The summed E-state index contributed by atoms with van der Waals surface area (Å²) in [6.07, 6.45) is 3.68. The quantitative estimate of drug-likeness (QED) is 0.154. The van der Waals surface area contributed by atoms with Crippen LogP contribution in [0, 0.1) is 5.41 Å². The summed E-state index contributed by atoms with van der Waals surface area (Å²) < 4.78 is 2.02. The van der Waals surface area contributed by atoms with Crippen LogP contribution in [-0.2, 0) is 6.54 Å². The van der Waals surface area contributed by atoms with Crippen LogP contribution in [0.15, 0.2) is 73.1 Å². The molecule has 0 spiro atoms. The van der Waals surface area contributed by atoms with Gasteiger partial charge in [0.15, 0.2) is 0 Å². The summed E-state index contributed by atoms with van der Waals surface area (Å²) in [4.78, 5) is 19.7. The fourth-order valence-electron chi connectivity index (χ4n) is 4.98. The number of amidine groups is 1. The molecule has 0 unspecified atom stereocenters. The summed E-state index contributed by atoms with van der Waals surface area (Å²) in [6, 6.07) is 20.5. The zero-order valence-corrected chi connectivity index (χ0v) is 23.2. The number of carbonyl (C=O) groups is 1. The molecule has 2 aromatic carbocycles. The number of benzene rings is 2. The first-order valence-corrected chi connectivity index (χ1v) is 13.5. The molecule has 1 amide bonds. The van der Waals surface area contributed by atoms with Crippen molar-refractivity contribution in [2.45, 2.75) is 46.3 Å². The normalized spacial score (nSPS) is 11.5. The number of nitrogens with zero attached hydrogens (tertiary/aromatic N) is 3. The minimum Gasteiger partial charge on any atom is -0.384 e. The topological polar surface area (TPSA) is 112 Å². The van der Waals surface area contributed by atoms with Crippen LogP contribution in [-0.4, -0.2) is 57.9 Å². The molecule has 5 N–H and O–H groups in total.